The normalized spacial score (nSPS) is 21.8. The van der Waals surface area contributed by atoms with Crippen LogP contribution in [0.3, 0.4) is 0 Å². The van der Waals surface area contributed by atoms with Crippen LogP contribution in [-0.4, -0.2) is 137 Å². The van der Waals surface area contributed by atoms with Gasteiger partial charge in [-0.3, -0.25) is 20.2 Å². The fraction of sp³-hybridized carbons (Fsp3) is 0.783. The molecule has 2 aromatic heterocycles. The zero-order valence-corrected chi connectivity index (χ0v) is 44.4. The van der Waals surface area contributed by atoms with Crippen LogP contribution in [0.5, 0.6) is 0 Å². The van der Waals surface area contributed by atoms with Gasteiger partial charge in [-0.15, -0.1) is 11.8 Å². The fourth-order valence-corrected chi connectivity index (χ4v) is 14.2. The molecule has 0 bridgehead atoms. The van der Waals surface area contributed by atoms with E-state index >= 15 is 0 Å². The van der Waals surface area contributed by atoms with E-state index in [-0.39, 0.29) is 42.0 Å². The third-order valence-electron chi connectivity index (χ3n) is 13.0. The largest absolute Gasteiger partial charge is 0.480 e. The molecular formula is C46H75N7O10S5. The summed E-state index contributed by atoms with van der Waals surface area (Å²) in [5.41, 5.74) is 0. The lowest BCUT2D eigenvalue weighted by Crippen LogP contribution is -2.51. The Kier molecular flexibility index (Phi) is 23.6. The number of thiazole rings is 2. The second-order valence-corrected chi connectivity index (χ2v) is 25.7. The summed E-state index contributed by atoms with van der Waals surface area (Å²) in [7, 11) is -2.14. The number of ether oxygens (including phenoxy) is 3. The number of rotatable bonds is 22. The number of primary sulfonamides is 1. The summed E-state index contributed by atoms with van der Waals surface area (Å²) < 4.78 is 39.4. The number of ketones is 1. The Morgan fingerprint density at radius 2 is 1.26 bits per heavy atom. The van der Waals surface area contributed by atoms with Crippen LogP contribution in [0.1, 0.15) is 143 Å². The summed E-state index contributed by atoms with van der Waals surface area (Å²) in [6.45, 7) is 8.26. The Bertz CT molecular complexity index is 1980. The molecule has 6 rings (SSSR count). The zero-order valence-electron chi connectivity index (χ0n) is 40.3. The first kappa shape index (κ1) is 56.3. The number of nitrogens with one attached hydrogen (secondary N) is 2. The maximum atomic E-state index is 13.5. The van der Waals surface area contributed by atoms with Gasteiger partial charge in [0.2, 0.25) is 10.0 Å². The van der Waals surface area contributed by atoms with Crippen molar-refractivity contribution in [3.05, 3.63) is 12.4 Å². The van der Waals surface area contributed by atoms with Gasteiger partial charge in [-0.05, 0) is 103 Å². The van der Waals surface area contributed by atoms with Crippen molar-refractivity contribution in [2.24, 2.45) is 11.1 Å². The van der Waals surface area contributed by atoms with Gasteiger partial charge < -0.3 is 29.1 Å². The molecule has 4 fully saturated rings. The second-order valence-electron chi connectivity index (χ2n) is 18.8. The maximum Gasteiger partial charge on any atom is 0.324 e. The van der Waals surface area contributed by atoms with Crippen molar-refractivity contribution in [1.82, 2.24) is 19.8 Å². The number of sulfonamides is 1. The second kappa shape index (κ2) is 28.5. The Hall–Kier alpha value is -2.57. The lowest BCUT2D eigenvalue weighted by atomic mass is 9.84. The molecular weight excluding hydrogens is 971 g/mol. The first-order chi connectivity index (χ1) is 32.5. The number of carboxylic acid groups (broad SMARTS) is 1. The molecule has 2 heterocycles. The van der Waals surface area contributed by atoms with E-state index < -0.39 is 32.3 Å². The van der Waals surface area contributed by atoms with Gasteiger partial charge in [0, 0.05) is 44.5 Å². The van der Waals surface area contributed by atoms with Gasteiger partial charge in [-0.25, -0.2) is 33.1 Å². The van der Waals surface area contributed by atoms with Crippen LogP contribution in [0.4, 0.5) is 19.9 Å². The molecule has 0 aliphatic heterocycles. The first-order valence-electron chi connectivity index (χ1n) is 24.4. The quantitative estimate of drug-likeness (QED) is 0.0636. The van der Waals surface area contributed by atoms with Crippen LogP contribution < -0.4 is 15.8 Å². The highest BCUT2D eigenvalue weighted by atomic mass is 32.2. The van der Waals surface area contributed by atoms with Crippen molar-refractivity contribution < 1.29 is 46.9 Å². The van der Waals surface area contributed by atoms with Crippen LogP contribution in [0, 0.1) is 5.92 Å². The molecule has 4 amide bonds. The summed E-state index contributed by atoms with van der Waals surface area (Å²) in [6.07, 6.45) is 23.8. The monoisotopic (exact) mass is 1050 g/mol. The van der Waals surface area contributed by atoms with Gasteiger partial charge in [-0.1, -0.05) is 79.9 Å². The standard InChI is InChI=1S/C24H39N3O5S2.C22H36N4O5S3/c1-24(2,21(28)29)34-20-15-25-22(33-20)26-23(30)27(18-7-5-4-6-8-18)19-11-9-17(10-12-19)16-32-14-13-31-3;1-2-12-31-19-10-8-17(9-11-19)26(16-6-4-3-5-7-16)22(28)25-21-24-13-20(33-21)32-14-18(27)15-34(23,29)30/h15,17-19H,4-14,16H2,1-3H3,(H,28,29)(H,25,26,30);13,16-17,19H,2-12,14-15H2,1H3,(H2,23,29,30)(H,24,25,28). The molecule has 4 saturated carbocycles. The summed E-state index contributed by atoms with van der Waals surface area (Å²) in [5.74, 6) is -1.48. The molecule has 4 aliphatic carbocycles. The predicted molar refractivity (Wildman–Crippen MR) is 272 cm³/mol. The lowest BCUT2D eigenvalue weighted by molar-refractivity contribution is -0.138. The molecule has 0 unspecified atom stereocenters. The van der Waals surface area contributed by atoms with E-state index in [1.54, 1.807) is 33.4 Å². The third-order valence-corrected chi connectivity index (χ3v) is 18.1. The third kappa shape index (κ3) is 18.9. The van der Waals surface area contributed by atoms with E-state index in [0.717, 1.165) is 118 Å². The summed E-state index contributed by atoms with van der Waals surface area (Å²) in [5, 5.41) is 21.3. The summed E-state index contributed by atoms with van der Waals surface area (Å²) >= 11 is 5.06. The highest BCUT2D eigenvalue weighted by molar-refractivity contribution is 8.03. The number of aromatic nitrogens is 2. The number of carbonyl (C=O) groups is 4. The number of aliphatic carboxylic acids is 1. The van der Waals surface area contributed by atoms with Crippen LogP contribution in [-0.2, 0) is 33.8 Å². The van der Waals surface area contributed by atoms with Crippen LogP contribution >= 0.6 is 46.2 Å². The molecule has 68 heavy (non-hydrogen) atoms. The molecule has 22 heteroatoms. The van der Waals surface area contributed by atoms with Crippen molar-refractivity contribution in [1.29, 1.82) is 0 Å². The molecule has 0 atom stereocenters. The van der Waals surface area contributed by atoms with Crippen molar-refractivity contribution in [2.45, 2.75) is 186 Å². The summed E-state index contributed by atoms with van der Waals surface area (Å²) in [6, 6.07) is 0.771. The van der Waals surface area contributed by atoms with Gasteiger partial charge >= 0.3 is 18.0 Å². The molecule has 17 nitrogen and oxygen atoms in total. The Labute approximate surface area is 420 Å². The number of hydrogen-bond donors (Lipinski definition) is 4. The van der Waals surface area contributed by atoms with Gasteiger partial charge in [-0.2, -0.15) is 0 Å². The van der Waals surface area contributed by atoms with Crippen molar-refractivity contribution in [2.75, 3.05) is 55.7 Å². The van der Waals surface area contributed by atoms with Crippen molar-refractivity contribution in [3.8, 4) is 0 Å². The predicted octanol–water partition coefficient (Wildman–Crippen LogP) is 9.48. The SMILES string of the molecule is CCCOC1CCC(N(C(=O)Nc2ncc(SCC(=O)CS(N)(=O)=O)s2)C2CCCCC2)CC1.COCCOCC1CCC(N(C(=O)Nc2ncc(SC(C)(C)C(=O)O)s2)C2CCCCC2)CC1. The van der Waals surface area contributed by atoms with Crippen LogP contribution in [0.15, 0.2) is 20.8 Å². The first-order valence-corrected chi connectivity index (χ1v) is 29.6. The minimum atomic E-state index is -3.82. The molecule has 0 aromatic carbocycles. The smallest absolute Gasteiger partial charge is 0.324 e. The zero-order chi connectivity index (χ0) is 49.1. The van der Waals surface area contributed by atoms with Crippen LogP contribution in [0.2, 0.25) is 0 Å². The number of hydrogen-bond acceptors (Lipinski definition) is 15. The Morgan fingerprint density at radius 1 is 0.765 bits per heavy atom. The molecule has 384 valence electrons. The van der Waals surface area contributed by atoms with Crippen molar-refractivity contribution >= 4 is 90.3 Å². The highest BCUT2D eigenvalue weighted by Crippen LogP contribution is 2.39. The number of carboxylic acids is 1. The number of anilines is 2. The molecule has 2 aromatic rings. The number of amides is 4. The maximum absolute atomic E-state index is 13.5. The number of nitrogens with zero attached hydrogens (tertiary/aromatic N) is 4. The number of methoxy groups -OCH3 is 1. The minimum absolute atomic E-state index is 0.0104. The summed E-state index contributed by atoms with van der Waals surface area (Å²) in [4.78, 5) is 62.9. The van der Waals surface area contributed by atoms with Gasteiger partial charge in [0.15, 0.2) is 16.0 Å². The van der Waals surface area contributed by atoms with E-state index in [4.69, 9.17) is 19.3 Å². The average Bonchev–Trinajstić information content (AvgIpc) is 3.96. The molecule has 0 saturated heterocycles. The van der Waals surface area contributed by atoms with Crippen LogP contribution in [0.25, 0.3) is 0 Å². The lowest BCUT2D eigenvalue weighted by Gasteiger charge is -2.42. The topological polar surface area (TPSA) is 233 Å². The fourth-order valence-electron chi connectivity index (χ4n) is 9.51. The molecule has 0 spiro atoms. The van der Waals surface area contributed by atoms with Gasteiger partial charge in [0.25, 0.3) is 0 Å². The van der Waals surface area contributed by atoms with E-state index in [9.17, 15) is 32.7 Å². The molecule has 4 aliphatic rings. The highest BCUT2D eigenvalue weighted by Gasteiger charge is 2.37. The number of urea groups is 2. The average molecular weight is 1050 g/mol. The number of thioether (sulfide) groups is 2. The number of nitrogens with two attached hydrogens (primary N) is 1. The van der Waals surface area contributed by atoms with Crippen molar-refractivity contribution in [3.63, 3.8) is 0 Å². The van der Waals surface area contributed by atoms with Gasteiger partial charge in [0.1, 0.15) is 10.5 Å². The molecule has 5 N–H and O–H groups in total. The Morgan fingerprint density at radius 3 is 1.76 bits per heavy atom. The number of carbonyl (C=O) groups excluding carboxylic acids is 3. The van der Waals surface area contributed by atoms with E-state index in [2.05, 4.69) is 37.3 Å². The minimum Gasteiger partial charge on any atom is -0.480 e. The van der Waals surface area contributed by atoms with Gasteiger partial charge in [0.05, 0.1) is 45.9 Å². The van der Waals surface area contributed by atoms with E-state index in [1.165, 1.54) is 71.9 Å². The Balaban J connectivity index is 0.000000254. The number of Topliss-reactive ketones (excluding diaryl/α,β-unsaturated/α-hetero) is 1. The van der Waals surface area contributed by atoms with E-state index in [0.29, 0.717) is 35.5 Å². The van der Waals surface area contributed by atoms with E-state index in [1.807, 2.05) is 0 Å². The molecule has 0 radical (unpaired) electrons.